The minimum Gasteiger partial charge on any atom is -0.496 e. The highest BCUT2D eigenvalue weighted by Crippen LogP contribution is 2.25. The predicted molar refractivity (Wildman–Crippen MR) is 121 cm³/mol. The lowest BCUT2D eigenvalue weighted by molar-refractivity contribution is 0.302. The summed E-state index contributed by atoms with van der Waals surface area (Å²) in [4.78, 5) is 0. The maximum absolute atomic E-state index is 6.04. The summed E-state index contributed by atoms with van der Waals surface area (Å²) < 4.78 is 12.5. The zero-order valence-electron chi connectivity index (χ0n) is 15.5. The lowest BCUT2D eigenvalue weighted by atomic mass is 10.1. The molecule has 0 aliphatic carbocycles. The number of benzene rings is 3. The van der Waals surface area contributed by atoms with E-state index in [2.05, 4.69) is 33.4 Å². The SMILES string of the molecule is COc1ccccc1CNCc1cc(Br)ccc1OCc1ccc(Cl)cc1.Cl. The molecular weight excluding hydrogens is 461 g/mol. The van der Waals surface area contributed by atoms with E-state index < -0.39 is 0 Å². The van der Waals surface area contributed by atoms with Crippen molar-refractivity contribution in [3.63, 3.8) is 0 Å². The molecule has 0 unspecified atom stereocenters. The highest BCUT2D eigenvalue weighted by molar-refractivity contribution is 9.10. The van der Waals surface area contributed by atoms with Crippen molar-refractivity contribution in [2.45, 2.75) is 19.7 Å². The second-order valence-corrected chi connectivity index (χ2v) is 7.43. The van der Waals surface area contributed by atoms with E-state index in [9.17, 15) is 0 Å². The summed E-state index contributed by atoms with van der Waals surface area (Å²) >= 11 is 9.48. The summed E-state index contributed by atoms with van der Waals surface area (Å²) in [6.45, 7) is 1.90. The highest BCUT2D eigenvalue weighted by atomic mass is 79.9. The number of halogens is 3. The van der Waals surface area contributed by atoms with Gasteiger partial charge >= 0.3 is 0 Å². The molecule has 3 aromatic rings. The van der Waals surface area contributed by atoms with Gasteiger partial charge in [0.1, 0.15) is 18.1 Å². The zero-order valence-corrected chi connectivity index (χ0v) is 18.6. The Bertz CT molecular complexity index is 888. The van der Waals surface area contributed by atoms with E-state index in [-0.39, 0.29) is 12.4 Å². The van der Waals surface area contributed by atoms with Gasteiger partial charge in [-0.2, -0.15) is 0 Å². The Balaban J connectivity index is 0.00000280. The van der Waals surface area contributed by atoms with Crippen molar-refractivity contribution < 1.29 is 9.47 Å². The quantitative estimate of drug-likeness (QED) is 0.402. The van der Waals surface area contributed by atoms with Gasteiger partial charge in [0.05, 0.1) is 7.11 Å². The predicted octanol–water partition coefficient (Wildman–Crippen LogP) is 6.40. The van der Waals surface area contributed by atoms with Gasteiger partial charge in [0.2, 0.25) is 0 Å². The first kappa shape index (κ1) is 22.6. The molecule has 148 valence electrons. The minimum atomic E-state index is 0. The van der Waals surface area contributed by atoms with Crippen molar-refractivity contribution in [3.8, 4) is 11.5 Å². The fraction of sp³-hybridized carbons (Fsp3) is 0.182. The molecule has 0 saturated carbocycles. The van der Waals surface area contributed by atoms with Crippen LogP contribution in [0, 0.1) is 0 Å². The fourth-order valence-corrected chi connectivity index (χ4v) is 3.28. The van der Waals surface area contributed by atoms with Gasteiger partial charge in [-0.1, -0.05) is 57.9 Å². The normalized spacial score (nSPS) is 10.2. The summed E-state index contributed by atoms with van der Waals surface area (Å²) in [6.07, 6.45) is 0. The second kappa shape index (κ2) is 11.3. The van der Waals surface area contributed by atoms with Crippen LogP contribution in [0.4, 0.5) is 0 Å². The molecule has 0 aliphatic rings. The largest absolute Gasteiger partial charge is 0.496 e. The molecule has 0 aliphatic heterocycles. The topological polar surface area (TPSA) is 30.5 Å². The summed E-state index contributed by atoms with van der Waals surface area (Å²) in [6, 6.07) is 21.8. The smallest absolute Gasteiger partial charge is 0.124 e. The van der Waals surface area contributed by atoms with E-state index in [0.29, 0.717) is 19.7 Å². The van der Waals surface area contributed by atoms with Crippen LogP contribution in [0.1, 0.15) is 16.7 Å². The van der Waals surface area contributed by atoms with Crippen LogP contribution in [-0.4, -0.2) is 7.11 Å². The molecule has 0 heterocycles. The van der Waals surface area contributed by atoms with Crippen LogP contribution in [-0.2, 0) is 19.7 Å². The molecule has 0 amide bonds. The van der Waals surface area contributed by atoms with Gasteiger partial charge in [-0.3, -0.25) is 0 Å². The monoisotopic (exact) mass is 481 g/mol. The summed E-state index contributed by atoms with van der Waals surface area (Å²) in [5.41, 5.74) is 3.29. The van der Waals surface area contributed by atoms with Crippen LogP contribution in [0.25, 0.3) is 0 Å². The van der Waals surface area contributed by atoms with E-state index in [0.717, 1.165) is 37.7 Å². The van der Waals surface area contributed by atoms with Crippen LogP contribution in [0.3, 0.4) is 0 Å². The standard InChI is InChI=1S/C22H21BrClNO2.ClH/c1-26-21-5-3-2-4-17(21)13-25-14-18-12-19(23)8-11-22(18)27-15-16-6-9-20(24)10-7-16;/h2-12,25H,13-15H2,1H3;1H. The van der Waals surface area contributed by atoms with Crippen molar-refractivity contribution in [1.82, 2.24) is 5.32 Å². The maximum Gasteiger partial charge on any atom is 0.124 e. The van der Waals surface area contributed by atoms with Crippen LogP contribution in [0.15, 0.2) is 71.2 Å². The Labute approximate surface area is 185 Å². The van der Waals surface area contributed by atoms with Crippen molar-refractivity contribution in [2.24, 2.45) is 0 Å². The lowest BCUT2D eigenvalue weighted by Gasteiger charge is -2.14. The third-order valence-electron chi connectivity index (χ3n) is 4.15. The van der Waals surface area contributed by atoms with Gasteiger partial charge in [0.25, 0.3) is 0 Å². The minimum absolute atomic E-state index is 0. The fourth-order valence-electron chi connectivity index (χ4n) is 2.75. The lowest BCUT2D eigenvalue weighted by Crippen LogP contribution is -2.14. The molecule has 0 aromatic heterocycles. The van der Waals surface area contributed by atoms with Crippen molar-refractivity contribution in [3.05, 3.63) is 92.9 Å². The van der Waals surface area contributed by atoms with E-state index in [1.54, 1.807) is 7.11 Å². The molecule has 6 heteroatoms. The van der Waals surface area contributed by atoms with E-state index in [4.69, 9.17) is 21.1 Å². The van der Waals surface area contributed by atoms with Gasteiger partial charge in [0.15, 0.2) is 0 Å². The van der Waals surface area contributed by atoms with Crippen molar-refractivity contribution in [1.29, 1.82) is 0 Å². The number of ether oxygens (including phenoxy) is 2. The molecule has 3 aromatic carbocycles. The van der Waals surface area contributed by atoms with Crippen molar-refractivity contribution in [2.75, 3.05) is 7.11 Å². The third-order valence-corrected chi connectivity index (χ3v) is 4.90. The number of hydrogen-bond donors (Lipinski definition) is 1. The first-order valence-corrected chi connectivity index (χ1v) is 9.81. The molecule has 0 saturated heterocycles. The van der Waals surface area contributed by atoms with Crippen LogP contribution in [0.2, 0.25) is 5.02 Å². The van der Waals surface area contributed by atoms with Crippen molar-refractivity contribution >= 4 is 39.9 Å². The average molecular weight is 483 g/mol. The molecular formula is C22H22BrCl2NO2. The molecule has 3 nitrogen and oxygen atoms in total. The maximum atomic E-state index is 6.04. The van der Waals surface area contributed by atoms with Crippen LogP contribution >= 0.6 is 39.9 Å². The van der Waals surface area contributed by atoms with E-state index in [1.165, 1.54) is 0 Å². The first-order chi connectivity index (χ1) is 13.2. The number of methoxy groups -OCH3 is 1. The number of rotatable bonds is 8. The van der Waals surface area contributed by atoms with Gasteiger partial charge in [-0.25, -0.2) is 0 Å². The summed E-state index contributed by atoms with van der Waals surface area (Å²) in [5, 5.41) is 4.19. The van der Waals surface area contributed by atoms with Crippen LogP contribution < -0.4 is 14.8 Å². The Morgan fingerprint density at radius 3 is 2.36 bits per heavy atom. The van der Waals surface area contributed by atoms with Crippen LogP contribution in [0.5, 0.6) is 11.5 Å². The molecule has 3 rings (SSSR count). The molecule has 28 heavy (non-hydrogen) atoms. The molecule has 0 fully saturated rings. The third kappa shape index (κ3) is 6.42. The highest BCUT2D eigenvalue weighted by Gasteiger charge is 2.07. The first-order valence-electron chi connectivity index (χ1n) is 8.64. The summed E-state index contributed by atoms with van der Waals surface area (Å²) in [5.74, 6) is 1.75. The zero-order chi connectivity index (χ0) is 19.1. The van der Waals surface area contributed by atoms with Gasteiger partial charge in [0, 0.05) is 33.7 Å². The number of para-hydroxylation sites is 1. The number of hydrogen-bond acceptors (Lipinski definition) is 3. The molecule has 0 bridgehead atoms. The Hall–Kier alpha value is -1.72. The number of nitrogens with one attached hydrogen (secondary N) is 1. The molecule has 0 spiro atoms. The average Bonchev–Trinajstić information content (AvgIpc) is 2.69. The van der Waals surface area contributed by atoms with Gasteiger partial charge < -0.3 is 14.8 Å². The second-order valence-electron chi connectivity index (χ2n) is 6.08. The van der Waals surface area contributed by atoms with E-state index >= 15 is 0 Å². The Morgan fingerprint density at radius 2 is 1.61 bits per heavy atom. The van der Waals surface area contributed by atoms with E-state index in [1.807, 2.05) is 54.6 Å². The molecule has 1 N–H and O–H groups in total. The molecule has 0 radical (unpaired) electrons. The molecule has 0 atom stereocenters. The Kier molecular flexibility index (Phi) is 9.13. The van der Waals surface area contributed by atoms with Gasteiger partial charge in [-0.15, -0.1) is 12.4 Å². The Morgan fingerprint density at radius 1 is 0.893 bits per heavy atom. The van der Waals surface area contributed by atoms with Gasteiger partial charge in [-0.05, 0) is 42.0 Å². The summed E-state index contributed by atoms with van der Waals surface area (Å²) in [7, 11) is 1.69.